The number of carbonyl (C=O) groups excluding carboxylic acids is 1. The fourth-order valence-corrected chi connectivity index (χ4v) is 6.03. The molecule has 11 heteroatoms. The standard InChI is InChI=1S/C43H43N5O6/c44-48-46-28-37-15-8-7-14-36(37)27-43(31-54-41(47-43)35-17-19-38(20-18-35)51-25-9-24-49)42(50)45-23-22-32-16-21-39(52-29-33-10-3-1-4-11-33)40(26-32)53-30-34-12-5-2-6-13-34/h1-8,10-21,26,49H,9,22-25,27-31H2,(H,45,50)/t43-/m1/s1. The second kappa shape index (κ2) is 19.0. The Kier molecular flexibility index (Phi) is 13.2. The van der Waals surface area contributed by atoms with Gasteiger partial charge >= 0.3 is 0 Å². The van der Waals surface area contributed by atoms with Crippen LogP contribution in [0.5, 0.6) is 17.2 Å². The summed E-state index contributed by atoms with van der Waals surface area (Å²) in [7, 11) is 0. The van der Waals surface area contributed by atoms with Gasteiger partial charge in [-0.3, -0.25) is 4.79 Å². The summed E-state index contributed by atoms with van der Waals surface area (Å²) < 4.78 is 24.3. The minimum atomic E-state index is -1.27. The average molecular weight is 726 g/mol. The zero-order valence-corrected chi connectivity index (χ0v) is 30.0. The van der Waals surface area contributed by atoms with Crippen molar-refractivity contribution >= 4 is 11.8 Å². The number of rotatable bonds is 19. The van der Waals surface area contributed by atoms with Crippen LogP contribution in [-0.2, 0) is 42.1 Å². The molecule has 1 aliphatic rings. The number of hydrogen-bond acceptors (Lipinski definition) is 8. The van der Waals surface area contributed by atoms with Crippen LogP contribution in [0, 0.1) is 0 Å². The fourth-order valence-electron chi connectivity index (χ4n) is 6.03. The molecule has 1 amide bonds. The van der Waals surface area contributed by atoms with Gasteiger partial charge in [0.2, 0.25) is 5.90 Å². The maximum absolute atomic E-state index is 14.2. The first-order valence-corrected chi connectivity index (χ1v) is 17.9. The normalized spacial score (nSPS) is 14.6. The van der Waals surface area contributed by atoms with Gasteiger partial charge in [0.15, 0.2) is 17.0 Å². The van der Waals surface area contributed by atoms with E-state index in [1.807, 2.05) is 127 Å². The summed E-state index contributed by atoms with van der Waals surface area (Å²) in [6, 6.07) is 40.6. The van der Waals surface area contributed by atoms with E-state index in [9.17, 15) is 4.79 Å². The lowest BCUT2D eigenvalue weighted by atomic mass is 9.89. The molecule has 0 radical (unpaired) electrons. The number of nitrogens with one attached hydrogen (secondary N) is 1. The van der Waals surface area contributed by atoms with Crippen LogP contribution in [0.2, 0.25) is 0 Å². The maximum Gasteiger partial charge on any atom is 0.251 e. The molecule has 0 aliphatic carbocycles. The molecule has 0 aromatic heterocycles. The van der Waals surface area contributed by atoms with Gasteiger partial charge in [0.25, 0.3) is 5.91 Å². The highest BCUT2D eigenvalue weighted by Gasteiger charge is 2.44. The van der Waals surface area contributed by atoms with Crippen molar-refractivity contribution in [1.82, 2.24) is 5.32 Å². The monoisotopic (exact) mass is 725 g/mol. The number of aliphatic hydroxyl groups excluding tert-OH is 1. The SMILES string of the molecule is [N-]=[N+]=NCc1ccccc1C[C@]1(C(=O)NCCc2ccc(OCc3ccccc3)c(OCc3ccccc3)c2)COC(c2ccc(OCCCO)cc2)=N1. The van der Waals surface area contributed by atoms with Crippen LogP contribution in [0.1, 0.15) is 39.8 Å². The molecule has 5 aromatic rings. The average Bonchev–Trinajstić information content (AvgIpc) is 3.65. The molecular weight excluding hydrogens is 683 g/mol. The molecule has 54 heavy (non-hydrogen) atoms. The predicted molar refractivity (Wildman–Crippen MR) is 207 cm³/mol. The van der Waals surface area contributed by atoms with E-state index in [0.717, 1.165) is 27.8 Å². The van der Waals surface area contributed by atoms with Crippen LogP contribution in [-0.4, -0.2) is 48.8 Å². The lowest BCUT2D eigenvalue weighted by molar-refractivity contribution is -0.126. The highest BCUT2D eigenvalue weighted by Crippen LogP contribution is 2.32. The van der Waals surface area contributed by atoms with Crippen molar-refractivity contribution in [3.8, 4) is 17.2 Å². The lowest BCUT2D eigenvalue weighted by Crippen LogP contribution is -2.49. The second-order valence-electron chi connectivity index (χ2n) is 12.9. The van der Waals surface area contributed by atoms with Crippen LogP contribution >= 0.6 is 0 Å². The third-order valence-corrected chi connectivity index (χ3v) is 8.95. The number of ether oxygens (including phenoxy) is 4. The molecule has 0 spiro atoms. The van der Waals surface area contributed by atoms with Gasteiger partial charge in [0.1, 0.15) is 25.6 Å². The van der Waals surface area contributed by atoms with E-state index in [-0.39, 0.29) is 32.1 Å². The third-order valence-electron chi connectivity index (χ3n) is 8.95. The van der Waals surface area contributed by atoms with E-state index >= 15 is 0 Å². The fraction of sp³-hybridized carbons (Fsp3) is 0.256. The zero-order chi connectivity index (χ0) is 37.4. The molecule has 1 aliphatic heterocycles. The van der Waals surface area contributed by atoms with Gasteiger partial charge in [-0.15, -0.1) is 0 Å². The zero-order valence-electron chi connectivity index (χ0n) is 30.0. The number of aliphatic imine (C=N–C) groups is 1. The molecule has 1 heterocycles. The molecule has 0 unspecified atom stereocenters. The Balaban J connectivity index is 1.19. The van der Waals surface area contributed by atoms with E-state index in [1.54, 1.807) is 0 Å². The van der Waals surface area contributed by atoms with Crippen LogP contribution in [0.25, 0.3) is 10.4 Å². The van der Waals surface area contributed by atoms with E-state index in [0.29, 0.717) is 67.9 Å². The Bertz CT molecular complexity index is 2050. The summed E-state index contributed by atoms with van der Waals surface area (Å²) in [4.78, 5) is 22.1. The molecule has 0 fully saturated rings. The Morgan fingerprint density at radius 2 is 1.48 bits per heavy atom. The minimum absolute atomic E-state index is 0.0314. The first kappa shape index (κ1) is 37.5. The maximum atomic E-state index is 14.2. The molecule has 6 rings (SSSR count). The topological polar surface area (TPSA) is 147 Å². The number of amides is 1. The highest BCUT2D eigenvalue weighted by molar-refractivity contribution is 6.00. The molecule has 276 valence electrons. The Hall–Kier alpha value is -6.29. The molecule has 0 bridgehead atoms. The third kappa shape index (κ3) is 10.2. The molecule has 1 atom stereocenters. The van der Waals surface area contributed by atoms with Gasteiger partial charge < -0.3 is 29.4 Å². The van der Waals surface area contributed by atoms with E-state index < -0.39 is 5.54 Å². The summed E-state index contributed by atoms with van der Waals surface area (Å²) in [6.45, 7) is 1.77. The molecule has 2 N–H and O–H groups in total. The predicted octanol–water partition coefficient (Wildman–Crippen LogP) is 7.53. The van der Waals surface area contributed by atoms with Gasteiger partial charge in [-0.25, -0.2) is 4.99 Å². The summed E-state index contributed by atoms with van der Waals surface area (Å²) in [6.07, 6.45) is 1.31. The Labute approximate surface area is 314 Å². The van der Waals surface area contributed by atoms with Gasteiger partial charge in [-0.2, -0.15) is 0 Å². The molecule has 0 saturated carbocycles. The molecular formula is C43H43N5O6. The van der Waals surface area contributed by atoms with E-state index in [2.05, 4.69) is 15.3 Å². The van der Waals surface area contributed by atoms with Gasteiger partial charge in [0, 0.05) is 36.5 Å². The Morgan fingerprint density at radius 1 is 0.815 bits per heavy atom. The second-order valence-corrected chi connectivity index (χ2v) is 12.9. The van der Waals surface area contributed by atoms with Crippen molar-refractivity contribution < 1.29 is 28.8 Å². The first-order chi connectivity index (χ1) is 26.5. The first-order valence-electron chi connectivity index (χ1n) is 17.9. The summed E-state index contributed by atoms with van der Waals surface area (Å²) in [5.41, 5.74) is 13.1. The summed E-state index contributed by atoms with van der Waals surface area (Å²) in [5, 5.41) is 15.9. The van der Waals surface area contributed by atoms with Crippen molar-refractivity contribution in [1.29, 1.82) is 0 Å². The minimum Gasteiger partial charge on any atom is -0.494 e. The van der Waals surface area contributed by atoms with Crippen molar-refractivity contribution in [2.75, 3.05) is 26.4 Å². The quantitative estimate of drug-likeness (QED) is 0.0389. The Morgan fingerprint density at radius 3 is 2.17 bits per heavy atom. The van der Waals surface area contributed by atoms with Gasteiger partial charge in [0.05, 0.1) is 13.2 Å². The number of hydrogen-bond donors (Lipinski definition) is 2. The number of benzene rings is 5. The van der Waals surface area contributed by atoms with Crippen LogP contribution in [0.4, 0.5) is 0 Å². The van der Waals surface area contributed by atoms with Crippen molar-refractivity contribution in [2.45, 2.75) is 44.6 Å². The number of azide groups is 1. The molecule has 5 aromatic carbocycles. The molecule has 11 nitrogen and oxygen atoms in total. The van der Waals surface area contributed by atoms with Gasteiger partial charge in [-0.1, -0.05) is 96.1 Å². The molecule has 0 saturated heterocycles. The number of nitrogens with zero attached hydrogens (tertiary/aromatic N) is 4. The smallest absolute Gasteiger partial charge is 0.251 e. The van der Waals surface area contributed by atoms with Gasteiger partial charge in [-0.05, 0) is 76.2 Å². The largest absolute Gasteiger partial charge is 0.494 e. The summed E-state index contributed by atoms with van der Waals surface area (Å²) >= 11 is 0. The van der Waals surface area contributed by atoms with Crippen molar-refractivity contribution in [3.63, 3.8) is 0 Å². The van der Waals surface area contributed by atoms with E-state index in [1.165, 1.54) is 0 Å². The van der Waals surface area contributed by atoms with Crippen molar-refractivity contribution in [2.24, 2.45) is 10.1 Å². The lowest BCUT2D eigenvalue weighted by Gasteiger charge is -2.24. The van der Waals surface area contributed by atoms with Crippen molar-refractivity contribution in [3.05, 3.63) is 171 Å². The van der Waals surface area contributed by atoms with Crippen LogP contribution in [0.3, 0.4) is 0 Å². The summed E-state index contributed by atoms with van der Waals surface area (Å²) in [5.74, 6) is 1.99. The van der Waals surface area contributed by atoms with E-state index in [4.69, 9.17) is 34.6 Å². The number of carbonyl (C=O) groups is 1. The highest BCUT2D eigenvalue weighted by atomic mass is 16.5. The number of aliphatic hydroxyl groups is 1. The van der Waals surface area contributed by atoms with Crippen LogP contribution < -0.4 is 19.5 Å². The van der Waals surface area contributed by atoms with Crippen LogP contribution in [0.15, 0.2) is 138 Å².